The van der Waals surface area contributed by atoms with Gasteiger partial charge >= 0.3 is 0 Å². The first-order chi connectivity index (χ1) is 10.0. The van der Waals surface area contributed by atoms with Gasteiger partial charge in [0.15, 0.2) is 0 Å². The van der Waals surface area contributed by atoms with Gasteiger partial charge in [0, 0.05) is 13.2 Å². The fourth-order valence-electron chi connectivity index (χ4n) is 1.90. The normalized spacial score (nSPS) is 11.6. The quantitative estimate of drug-likeness (QED) is 0.819. The first-order valence-electron chi connectivity index (χ1n) is 6.48. The number of benzene rings is 1. The van der Waals surface area contributed by atoms with E-state index in [0.29, 0.717) is 17.0 Å². The Morgan fingerprint density at radius 3 is 2.67 bits per heavy atom. The predicted octanol–water partition coefficient (Wildman–Crippen LogP) is 2.05. The van der Waals surface area contributed by atoms with Crippen LogP contribution in [0.4, 0.5) is 0 Å². The molecule has 21 heavy (non-hydrogen) atoms. The molecule has 0 atom stereocenters. The highest BCUT2D eigenvalue weighted by Gasteiger charge is 2.19. The van der Waals surface area contributed by atoms with E-state index < -0.39 is 10.0 Å². The summed E-state index contributed by atoms with van der Waals surface area (Å²) in [5, 5.41) is 0. The van der Waals surface area contributed by atoms with Gasteiger partial charge in [-0.05, 0) is 29.8 Å². The van der Waals surface area contributed by atoms with Crippen molar-refractivity contribution in [1.29, 1.82) is 0 Å². The Bertz CT molecular complexity index is 687. The molecule has 0 fully saturated rings. The molecule has 1 heterocycles. The summed E-state index contributed by atoms with van der Waals surface area (Å²) in [5.41, 5.74) is 1.41. The van der Waals surface area contributed by atoms with E-state index in [-0.39, 0.29) is 12.3 Å². The molecule has 2 aromatic rings. The average Bonchev–Trinajstić information content (AvgIpc) is 2.48. The van der Waals surface area contributed by atoms with Gasteiger partial charge in [-0.2, -0.15) is 4.31 Å². The van der Waals surface area contributed by atoms with Crippen molar-refractivity contribution in [3.63, 3.8) is 0 Å². The summed E-state index contributed by atoms with van der Waals surface area (Å²) in [6.45, 7) is 0.257. The fraction of sp³-hybridized carbons (Fsp3) is 0.267. The van der Waals surface area contributed by atoms with Gasteiger partial charge in [-0.3, -0.25) is 4.98 Å². The second-order valence-electron chi connectivity index (χ2n) is 4.68. The number of ether oxygens (including phenoxy) is 1. The molecule has 5 nitrogen and oxygen atoms in total. The summed E-state index contributed by atoms with van der Waals surface area (Å²) in [6.07, 6.45) is 1.65. The van der Waals surface area contributed by atoms with Gasteiger partial charge in [0.05, 0.1) is 25.1 Å². The molecule has 0 aliphatic carbocycles. The second kappa shape index (κ2) is 6.69. The van der Waals surface area contributed by atoms with Crippen LogP contribution < -0.4 is 4.74 Å². The minimum Gasteiger partial charge on any atom is -0.497 e. The zero-order chi connectivity index (χ0) is 15.3. The van der Waals surface area contributed by atoms with Crippen LogP contribution in [0.2, 0.25) is 0 Å². The minimum atomic E-state index is -3.40. The van der Waals surface area contributed by atoms with Crippen LogP contribution in [0.5, 0.6) is 5.75 Å². The molecule has 0 amide bonds. The summed E-state index contributed by atoms with van der Waals surface area (Å²) in [4.78, 5) is 4.14. The Kier molecular flexibility index (Phi) is 4.93. The molecule has 2 rings (SSSR count). The van der Waals surface area contributed by atoms with Gasteiger partial charge in [0.25, 0.3) is 0 Å². The predicted molar refractivity (Wildman–Crippen MR) is 81.3 cm³/mol. The van der Waals surface area contributed by atoms with Crippen molar-refractivity contribution in [2.24, 2.45) is 0 Å². The van der Waals surface area contributed by atoms with E-state index >= 15 is 0 Å². The maximum atomic E-state index is 12.4. The van der Waals surface area contributed by atoms with Crippen LogP contribution in [0.25, 0.3) is 0 Å². The standard InChI is InChI=1S/C15H18N2O3S/c1-17(11-14-7-3-4-9-16-14)21(18,19)12-13-6-5-8-15(10-13)20-2/h3-10H,11-12H2,1-2H3. The zero-order valence-electron chi connectivity index (χ0n) is 12.1. The molecule has 0 N–H and O–H groups in total. The summed E-state index contributed by atoms with van der Waals surface area (Å²) >= 11 is 0. The third-order valence-electron chi connectivity index (χ3n) is 3.07. The molecule has 0 aliphatic heterocycles. The number of sulfonamides is 1. The third-order valence-corrected chi connectivity index (χ3v) is 4.85. The van der Waals surface area contributed by atoms with Crippen molar-refractivity contribution >= 4 is 10.0 Å². The molecule has 6 heteroatoms. The molecule has 1 aromatic carbocycles. The lowest BCUT2D eigenvalue weighted by atomic mass is 10.2. The number of methoxy groups -OCH3 is 1. The van der Waals surface area contributed by atoms with Gasteiger partial charge in [-0.25, -0.2) is 8.42 Å². The van der Waals surface area contributed by atoms with E-state index in [4.69, 9.17) is 4.74 Å². The van der Waals surface area contributed by atoms with E-state index in [0.717, 1.165) is 0 Å². The lowest BCUT2D eigenvalue weighted by molar-refractivity contribution is 0.414. The molecular formula is C15H18N2O3S. The fourth-order valence-corrected chi connectivity index (χ4v) is 3.05. The molecule has 0 unspecified atom stereocenters. The van der Waals surface area contributed by atoms with Crippen molar-refractivity contribution in [1.82, 2.24) is 9.29 Å². The topological polar surface area (TPSA) is 59.5 Å². The average molecular weight is 306 g/mol. The summed E-state index contributed by atoms with van der Waals surface area (Å²) in [7, 11) is -0.283. The number of rotatable bonds is 6. The van der Waals surface area contributed by atoms with Crippen LogP contribution in [0, 0.1) is 0 Å². The van der Waals surface area contributed by atoms with Gasteiger partial charge in [0.2, 0.25) is 10.0 Å². The van der Waals surface area contributed by atoms with Crippen molar-refractivity contribution in [3.05, 3.63) is 59.9 Å². The molecular weight excluding hydrogens is 288 g/mol. The maximum absolute atomic E-state index is 12.4. The van der Waals surface area contributed by atoms with Gasteiger partial charge in [-0.15, -0.1) is 0 Å². The van der Waals surface area contributed by atoms with E-state index in [1.807, 2.05) is 6.07 Å². The van der Waals surface area contributed by atoms with E-state index in [1.165, 1.54) is 4.31 Å². The molecule has 1 aromatic heterocycles. The summed E-state index contributed by atoms with van der Waals surface area (Å²) < 4.78 is 31.1. The minimum absolute atomic E-state index is 0.0620. The number of nitrogens with zero attached hydrogens (tertiary/aromatic N) is 2. The number of hydrogen-bond donors (Lipinski definition) is 0. The lowest BCUT2D eigenvalue weighted by Crippen LogP contribution is -2.28. The van der Waals surface area contributed by atoms with E-state index in [1.54, 1.807) is 56.8 Å². The van der Waals surface area contributed by atoms with Crippen molar-refractivity contribution in [2.75, 3.05) is 14.2 Å². The van der Waals surface area contributed by atoms with Crippen molar-refractivity contribution < 1.29 is 13.2 Å². The van der Waals surface area contributed by atoms with Crippen LogP contribution in [-0.4, -0.2) is 31.9 Å². The molecule has 112 valence electrons. The van der Waals surface area contributed by atoms with E-state index in [2.05, 4.69) is 4.98 Å². The monoisotopic (exact) mass is 306 g/mol. The highest BCUT2D eigenvalue weighted by atomic mass is 32.2. The maximum Gasteiger partial charge on any atom is 0.218 e. The highest BCUT2D eigenvalue weighted by Crippen LogP contribution is 2.17. The van der Waals surface area contributed by atoms with E-state index in [9.17, 15) is 8.42 Å². The Balaban J connectivity index is 2.10. The number of hydrogen-bond acceptors (Lipinski definition) is 4. The third kappa shape index (κ3) is 4.27. The lowest BCUT2D eigenvalue weighted by Gasteiger charge is -2.17. The molecule has 0 spiro atoms. The summed E-state index contributed by atoms with van der Waals surface area (Å²) in [6, 6.07) is 12.5. The van der Waals surface area contributed by atoms with Gasteiger partial charge in [0.1, 0.15) is 5.75 Å². The molecule has 0 saturated carbocycles. The molecule has 0 saturated heterocycles. The molecule has 0 bridgehead atoms. The Morgan fingerprint density at radius 2 is 2.00 bits per heavy atom. The van der Waals surface area contributed by atoms with Crippen LogP contribution in [0.3, 0.4) is 0 Å². The first kappa shape index (κ1) is 15.5. The van der Waals surface area contributed by atoms with Crippen molar-refractivity contribution in [3.8, 4) is 5.75 Å². The van der Waals surface area contributed by atoms with Crippen LogP contribution in [0.15, 0.2) is 48.7 Å². The SMILES string of the molecule is COc1cccc(CS(=O)(=O)N(C)Cc2ccccn2)c1. The Morgan fingerprint density at radius 1 is 1.19 bits per heavy atom. The highest BCUT2D eigenvalue weighted by molar-refractivity contribution is 7.88. The van der Waals surface area contributed by atoms with Crippen LogP contribution in [-0.2, 0) is 22.3 Å². The first-order valence-corrected chi connectivity index (χ1v) is 8.09. The Labute approximate surface area is 125 Å². The molecule has 0 aliphatic rings. The summed E-state index contributed by atoms with van der Waals surface area (Å²) in [5.74, 6) is 0.586. The van der Waals surface area contributed by atoms with Crippen molar-refractivity contribution in [2.45, 2.75) is 12.3 Å². The Hall–Kier alpha value is -1.92. The van der Waals surface area contributed by atoms with Crippen LogP contribution >= 0.6 is 0 Å². The van der Waals surface area contributed by atoms with Crippen LogP contribution in [0.1, 0.15) is 11.3 Å². The zero-order valence-corrected chi connectivity index (χ0v) is 12.9. The molecule has 0 radical (unpaired) electrons. The van der Waals surface area contributed by atoms with Gasteiger partial charge in [-0.1, -0.05) is 18.2 Å². The largest absolute Gasteiger partial charge is 0.497 e. The number of pyridine rings is 1. The smallest absolute Gasteiger partial charge is 0.218 e. The van der Waals surface area contributed by atoms with Gasteiger partial charge < -0.3 is 4.74 Å². The second-order valence-corrected chi connectivity index (χ2v) is 6.76. The number of aromatic nitrogens is 1.